The Balaban J connectivity index is 1.04. The van der Waals surface area contributed by atoms with E-state index in [-0.39, 0.29) is 0 Å². The fraction of sp³-hybridized carbons (Fsp3) is 0. The van der Waals surface area contributed by atoms with Gasteiger partial charge in [-0.3, -0.25) is 0 Å². The molecule has 0 unspecified atom stereocenters. The maximum atomic E-state index is 5.23. The van der Waals surface area contributed by atoms with Crippen molar-refractivity contribution in [1.82, 2.24) is 9.97 Å². The number of hydrogen-bond acceptors (Lipinski definition) is 4. The van der Waals surface area contributed by atoms with Crippen LogP contribution in [0.3, 0.4) is 0 Å². The second kappa shape index (κ2) is 11.9. The van der Waals surface area contributed by atoms with Gasteiger partial charge in [-0.1, -0.05) is 140 Å². The third kappa shape index (κ3) is 4.92. The molecule has 7 aromatic carbocycles. The highest BCUT2D eigenvalue weighted by Crippen LogP contribution is 2.42. The summed E-state index contributed by atoms with van der Waals surface area (Å²) in [5.74, 6) is 0.740. The zero-order valence-corrected chi connectivity index (χ0v) is 28.5. The molecule has 3 aromatic heterocycles. The van der Waals surface area contributed by atoms with E-state index in [9.17, 15) is 0 Å². The fourth-order valence-corrected chi connectivity index (χ4v) is 9.43. The quantitative estimate of drug-likeness (QED) is 0.182. The summed E-state index contributed by atoms with van der Waals surface area (Å²) in [6.45, 7) is 0. The summed E-state index contributed by atoms with van der Waals surface area (Å²) in [5.41, 5.74) is 10.3. The van der Waals surface area contributed by atoms with E-state index in [1.54, 1.807) is 11.3 Å². The molecule has 0 atom stereocenters. The van der Waals surface area contributed by atoms with Gasteiger partial charge in [0, 0.05) is 46.8 Å². The smallest absolute Gasteiger partial charge is 0.161 e. The molecule has 0 aliphatic rings. The molecule has 0 fully saturated rings. The molecule has 0 aliphatic heterocycles. The number of rotatable bonds is 5. The maximum absolute atomic E-state index is 5.23. The predicted octanol–water partition coefficient (Wildman–Crippen LogP) is 13.5. The van der Waals surface area contributed by atoms with E-state index in [0.29, 0.717) is 0 Å². The second-order valence-electron chi connectivity index (χ2n) is 12.6. The average Bonchev–Trinajstić information content (AvgIpc) is 3.77. The summed E-state index contributed by atoms with van der Waals surface area (Å²) >= 11 is 3.61. The zero-order chi connectivity index (χ0) is 33.0. The van der Waals surface area contributed by atoms with Gasteiger partial charge in [-0.25, -0.2) is 9.97 Å². The van der Waals surface area contributed by atoms with Crippen LogP contribution in [0.15, 0.2) is 170 Å². The van der Waals surface area contributed by atoms with Gasteiger partial charge in [-0.2, -0.15) is 0 Å². The molecule has 0 aliphatic carbocycles. The van der Waals surface area contributed by atoms with Gasteiger partial charge in [0.25, 0.3) is 0 Å². The number of aromatic nitrogens is 2. The summed E-state index contributed by atoms with van der Waals surface area (Å²) in [6.07, 6.45) is 0. The maximum Gasteiger partial charge on any atom is 0.161 e. The monoisotopic (exact) mass is 672 g/mol. The largest absolute Gasteiger partial charge is 0.227 e. The van der Waals surface area contributed by atoms with Crippen molar-refractivity contribution in [2.45, 2.75) is 0 Å². The molecule has 4 heteroatoms. The van der Waals surface area contributed by atoms with Crippen LogP contribution in [0.1, 0.15) is 0 Å². The van der Waals surface area contributed by atoms with Gasteiger partial charge in [-0.15, -0.1) is 22.7 Å². The highest BCUT2D eigenvalue weighted by Gasteiger charge is 2.17. The van der Waals surface area contributed by atoms with Crippen LogP contribution in [0.2, 0.25) is 0 Å². The molecule has 0 spiro atoms. The lowest BCUT2D eigenvalue weighted by molar-refractivity contribution is 1.24. The van der Waals surface area contributed by atoms with Crippen LogP contribution in [0.5, 0.6) is 0 Å². The first-order valence-corrected chi connectivity index (χ1v) is 18.4. The number of hydrogen-bond donors (Lipinski definition) is 0. The molecule has 50 heavy (non-hydrogen) atoms. The van der Waals surface area contributed by atoms with E-state index in [2.05, 4.69) is 164 Å². The Morgan fingerprint density at radius 3 is 1.62 bits per heavy atom. The lowest BCUT2D eigenvalue weighted by Crippen LogP contribution is -1.94. The molecule has 10 rings (SSSR count). The van der Waals surface area contributed by atoms with E-state index < -0.39 is 0 Å². The molecule has 0 saturated carbocycles. The van der Waals surface area contributed by atoms with Crippen LogP contribution in [0.25, 0.3) is 96.5 Å². The molecule has 2 nitrogen and oxygen atoms in total. The van der Waals surface area contributed by atoms with Crippen LogP contribution >= 0.6 is 22.7 Å². The molecule has 0 saturated heterocycles. The Morgan fingerprint density at radius 2 is 0.880 bits per heavy atom. The molecular weight excluding hydrogens is 645 g/mol. The zero-order valence-electron chi connectivity index (χ0n) is 26.9. The van der Waals surface area contributed by atoms with Crippen molar-refractivity contribution < 1.29 is 0 Å². The van der Waals surface area contributed by atoms with Crippen LogP contribution in [0.4, 0.5) is 0 Å². The number of nitrogens with zero attached hydrogens (tertiary/aromatic N) is 2. The Hall–Kier alpha value is -5.94. The predicted molar refractivity (Wildman–Crippen MR) is 215 cm³/mol. The van der Waals surface area contributed by atoms with Crippen molar-refractivity contribution in [2.75, 3.05) is 0 Å². The summed E-state index contributed by atoms with van der Waals surface area (Å²) in [7, 11) is 0. The Labute approximate surface area is 297 Å². The van der Waals surface area contributed by atoms with Crippen molar-refractivity contribution in [1.29, 1.82) is 0 Å². The summed E-state index contributed by atoms with van der Waals surface area (Å²) in [4.78, 5) is 11.4. The molecule has 0 radical (unpaired) electrons. The Bertz CT molecular complexity index is 2880. The van der Waals surface area contributed by atoms with Crippen molar-refractivity contribution >= 4 is 63.1 Å². The van der Waals surface area contributed by atoms with Crippen molar-refractivity contribution in [3.63, 3.8) is 0 Å². The van der Waals surface area contributed by atoms with Crippen LogP contribution in [-0.4, -0.2) is 9.97 Å². The first kappa shape index (κ1) is 29.0. The summed E-state index contributed by atoms with van der Waals surface area (Å²) < 4.78 is 3.88. The highest BCUT2D eigenvalue weighted by atomic mass is 32.1. The highest BCUT2D eigenvalue weighted by molar-refractivity contribution is 7.26. The van der Waals surface area contributed by atoms with Crippen LogP contribution in [-0.2, 0) is 0 Å². The van der Waals surface area contributed by atoms with E-state index in [1.165, 1.54) is 52.5 Å². The fourth-order valence-electron chi connectivity index (χ4n) is 7.11. The molecule has 10 aromatic rings. The molecular formula is C46H28N2S2. The van der Waals surface area contributed by atoms with Gasteiger partial charge < -0.3 is 0 Å². The van der Waals surface area contributed by atoms with Crippen molar-refractivity contribution in [3.8, 4) is 56.0 Å². The van der Waals surface area contributed by atoms with E-state index in [1.807, 2.05) is 17.4 Å². The standard InChI is InChI=1S/C46H28N2S2/c1-2-12-29(13-3-1)43-42-39-21-5-7-25-41(39)50-46(42)48-45(47-43)35-19-10-17-33(28-35)31-15-8-14-30(26-31)32-16-9-18-34(27-32)36-22-11-23-38-37-20-4-6-24-40(37)49-44(36)38/h1-28H. The summed E-state index contributed by atoms with van der Waals surface area (Å²) in [6, 6.07) is 60.8. The first-order valence-electron chi connectivity index (χ1n) is 16.7. The molecule has 0 N–H and O–H groups in total. The molecule has 0 amide bonds. The van der Waals surface area contributed by atoms with Gasteiger partial charge in [-0.05, 0) is 63.7 Å². The molecule has 0 bridgehead atoms. The van der Waals surface area contributed by atoms with Crippen molar-refractivity contribution in [2.24, 2.45) is 0 Å². The number of benzene rings is 7. The topological polar surface area (TPSA) is 25.8 Å². The van der Waals surface area contributed by atoms with Gasteiger partial charge >= 0.3 is 0 Å². The Kier molecular flexibility index (Phi) is 6.90. The van der Waals surface area contributed by atoms with Crippen LogP contribution in [0, 0.1) is 0 Å². The molecule has 234 valence electrons. The minimum atomic E-state index is 0.740. The van der Waals surface area contributed by atoms with Gasteiger partial charge in [0.1, 0.15) is 4.83 Å². The minimum Gasteiger partial charge on any atom is -0.227 e. The SMILES string of the molecule is c1ccc(-c2nc(-c3cccc(-c4cccc(-c5cccc(-c6cccc7c6sc6ccccc67)c5)c4)c3)nc3sc4ccccc4c23)cc1. The van der Waals surface area contributed by atoms with Gasteiger partial charge in [0.05, 0.1) is 5.69 Å². The van der Waals surface area contributed by atoms with E-state index in [4.69, 9.17) is 9.97 Å². The van der Waals surface area contributed by atoms with E-state index in [0.717, 1.165) is 44.0 Å². The lowest BCUT2D eigenvalue weighted by atomic mass is 9.95. The van der Waals surface area contributed by atoms with Crippen molar-refractivity contribution in [3.05, 3.63) is 170 Å². The third-order valence-corrected chi connectivity index (χ3v) is 11.8. The summed E-state index contributed by atoms with van der Waals surface area (Å²) in [5, 5.41) is 4.97. The second-order valence-corrected chi connectivity index (χ2v) is 14.6. The molecule has 3 heterocycles. The average molecular weight is 673 g/mol. The number of thiophene rings is 2. The number of fused-ring (bicyclic) bond motifs is 6. The first-order chi connectivity index (χ1) is 24.8. The minimum absolute atomic E-state index is 0.740. The Morgan fingerprint density at radius 1 is 0.360 bits per heavy atom. The normalized spacial score (nSPS) is 11.6. The van der Waals surface area contributed by atoms with Crippen LogP contribution < -0.4 is 0 Å². The third-order valence-electron chi connectivity index (χ3n) is 9.51. The van der Waals surface area contributed by atoms with Gasteiger partial charge in [0.2, 0.25) is 0 Å². The van der Waals surface area contributed by atoms with Gasteiger partial charge in [0.15, 0.2) is 5.82 Å². The van der Waals surface area contributed by atoms with E-state index >= 15 is 0 Å². The lowest BCUT2D eigenvalue weighted by Gasteiger charge is -2.11.